The quantitative estimate of drug-likeness (QED) is 0.316. The van der Waals surface area contributed by atoms with E-state index in [1.165, 1.54) is 31.7 Å². The Hall–Kier alpha value is 0.451. The van der Waals surface area contributed by atoms with Gasteiger partial charge in [0.2, 0.25) is 0 Å². The van der Waals surface area contributed by atoms with Gasteiger partial charge in [0.15, 0.2) is 19.5 Å². The normalized spacial score (nSPS) is 9.86. The third-order valence-electron chi connectivity index (χ3n) is 2.95. The maximum absolute atomic E-state index is 8.31. The Bertz CT molecular complexity index is 148. The number of aliphatic hydroxyl groups excluding tert-OH is 1. The molecule has 0 bridgehead atoms. The first kappa shape index (κ1) is 42.5. The van der Waals surface area contributed by atoms with Crippen molar-refractivity contribution in [3.8, 4) is 0 Å². The highest BCUT2D eigenvalue weighted by Gasteiger charge is 1.86. The van der Waals surface area contributed by atoms with Gasteiger partial charge in [0.1, 0.15) is 0 Å². The van der Waals surface area contributed by atoms with Crippen molar-refractivity contribution in [2.24, 2.45) is 0 Å². The van der Waals surface area contributed by atoms with Gasteiger partial charge in [-0.05, 0) is 19.3 Å². The monoisotopic (exact) mass is 462 g/mol. The summed E-state index contributed by atoms with van der Waals surface area (Å²) in [6, 6.07) is 1.37. The van der Waals surface area contributed by atoms with Crippen LogP contribution in [-0.4, -0.2) is 81.4 Å². The zero-order valence-corrected chi connectivity index (χ0v) is 23.2. The van der Waals surface area contributed by atoms with E-state index < -0.39 is 0 Å². The summed E-state index contributed by atoms with van der Waals surface area (Å²) in [5.41, 5.74) is 0. The van der Waals surface area contributed by atoms with E-state index in [-0.39, 0.29) is 50.5 Å². The molecule has 0 radical (unpaired) electrons. The standard InChI is InChI=1S/C8H18O.C6H16O2Si.2C2H8OSi.2CH4/c1-3-5-6-8-9-7-4-2;1-9-6-2-4-8-5-3-7;2*1-3-4-2;;/h3-8H2,1-2H3;7H,2-6,9H2,1H3;2*4H2,1-2H3;2*1H4. The molecule has 1 N–H and O–H groups in total. The highest BCUT2D eigenvalue weighted by Crippen LogP contribution is 1.94. The van der Waals surface area contributed by atoms with Crippen LogP contribution in [0.15, 0.2) is 0 Å². The molecule has 0 heterocycles. The lowest BCUT2D eigenvalue weighted by molar-refractivity contribution is 0.0928. The fourth-order valence-electron chi connectivity index (χ4n) is 1.32. The lowest BCUT2D eigenvalue weighted by atomic mass is 10.3. The SMILES string of the molecule is C.C.CCCCCOCCC.CO[SiH2]C.CO[SiH2]C.C[SiH2]CCCOCCO. The molecule has 28 heavy (non-hydrogen) atoms. The number of hydrogen-bond acceptors (Lipinski definition) is 5. The van der Waals surface area contributed by atoms with E-state index in [9.17, 15) is 0 Å². The van der Waals surface area contributed by atoms with Crippen LogP contribution in [0.5, 0.6) is 0 Å². The van der Waals surface area contributed by atoms with Crippen molar-refractivity contribution in [3.05, 3.63) is 0 Å². The molecule has 0 atom stereocenters. The van der Waals surface area contributed by atoms with Crippen molar-refractivity contribution in [1.29, 1.82) is 0 Å². The van der Waals surface area contributed by atoms with Crippen molar-refractivity contribution in [1.82, 2.24) is 0 Å². The second kappa shape index (κ2) is 56.4. The van der Waals surface area contributed by atoms with Crippen LogP contribution in [0, 0.1) is 0 Å². The highest BCUT2D eigenvalue weighted by atomic mass is 28.2. The van der Waals surface area contributed by atoms with Crippen LogP contribution in [0.4, 0.5) is 0 Å². The van der Waals surface area contributed by atoms with Crippen LogP contribution >= 0.6 is 0 Å². The van der Waals surface area contributed by atoms with E-state index in [0.717, 1.165) is 26.2 Å². The molecule has 0 saturated carbocycles. The van der Waals surface area contributed by atoms with Gasteiger partial charge < -0.3 is 23.4 Å². The van der Waals surface area contributed by atoms with E-state index in [4.69, 9.17) is 14.6 Å². The number of hydrogen-bond donors (Lipinski definition) is 1. The zero-order valence-electron chi connectivity index (χ0n) is 19.0. The van der Waals surface area contributed by atoms with Crippen LogP contribution in [0.2, 0.25) is 25.7 Å². The third-order valence-corrected chi connectivity index (χ3v) is 5.31. The molecule has 0 fully saturated rings. The summed E-state index contributed by atoms with van der Waals surface area (Å²) in [5.74, 6) is 0. The predicted molar refractivity (Wildman–Crippen MR) is 139 cm³/mol. The molecule has 0 aliphatic rings. The molecule has 0 spiro atoms. The molecular formula is C20H58O5Si3. The molecule has 0 aromatic rings. The Morgan fingerprint density at radius 3 is 1.50 bits per heavy atom. The van der Waals surface area contributed by atoms with E-state index in [1.807, 2.05) is 0 Å². The van der Waals surface area contributed by atoms with Gasteiger partial charge in [-0.3, -0.25) is 0 Å². The summed E-state index contributed by atoms with van der Waals surface area (Å²) in [4.78, 5) is 0. The van der Waals surface area contributed by atoms with E-state index in [0.29, 0.717) is 6.61 Å². The number of aliphatic hydroxyl groups is 1. The molecular weight excluding hydrogens is 404 g/mol. The summed E-state index contributed by atoms with van der Waals surface area (Å²) in [5, 5.41) is 8.31. The van der Waals surface area contributed by atoms with Gasteiger partial charge in [-0.25, -0.2) is 0 Å². The minimum atomic E-state index is -0.0756. The maximum atomic E-state index is 8.31. The van der Waals surface area contributed by atoms with Crippen LogP contribution in [0.25, 0.3) is 0 Å². The number of ether oxygens (including phenoxy) is 2. The molecule has 0 aromatic carbocycles. The largest absolute Gasteiger partial charge is 0.427 e. The Morgan fingerprint density at radius 2 is 1.14 bits per heavy atom. The molecule has 8 heteroatoms. The molecule has 0 aliphatic carbocycles. The van der Waals surface area contributed by atoms with Gasteiger partial charge in [0.05, 0.1) is 13.2 Å². The number of unbranched alkanes of at least 4 members (excludes halogenated alkanes) is 2. The van der Waals surface area contributed by atoms with Crippen LogP contribution in [0.3, 0.4) is 0 Å². The van der Waals surface area contributed by atoms with Gasteiger partial charge in [-0.15, -0.1) is 0 Å². The van der Waals surface area contributed by atoms with Crippen LogP contribution < -0.4 is 0 Å². The first-order valence-corrected chi connectivity index (χ1v) is 16.8. The summed E-state index contributed by atoms with van der Waals surface area (Å²) in [6.45, 7) is 14.2. The second-order valence-corrected chi connectivity index (χ2v) is 9.53. The first-order valence-electron chi connectivity index (χ1n) is 10.4. The minimum Gasteiger partial charge on any atom is -0.427 e. The van der Waals surface area contributed by atoms with Gasteiger partial charge in [-0.1, -0.05) is 67.2 Å². The fourth-order valence-corrected chi connectivity index (χ4v) is 2.03. The van der Waals surface area contributed by atoms with Crippen LogP contribution in [0.1, 0.15) is 60.8 Å². The molecule has 0 saturated heterocycles. The van der Waals surface area contributed by atoms with Crippen molar-refractivity contribution in [2.75, 3.05) is 47.3 Å². The van der Waals surface area contributed by atoms with Gasteiger partial charge >= 0.3 is 0 Å². The van der Waals surface area contributed by atoms with Gasteiger partial charge in [0.25, 0.3) is 0 Å². The molecule has 0 rings (SSSR count). The summed E-state index contributed by atoms with van der Waals surface area (Å²) >= 11 is 0. The smallest absolute Gasteiger partial charge is 0.157 e. The van der Waals surface area contributed by atoms with Crippen molar-refractivity contribution in [3.63, 3.8) is 0 Å². The van der Waals surface area contributed by atoms with E-state index in [2.05, 4.69) is 42.3 Å². The second-order valence-electron chi connectivity index (χ2n) is 5.52. The highest BCUT2D eigenvalue weighted by molar-refractivity contribution is 6.33. The Morgan fingerprint density at radius 1 is 0.679 bits per heavy atom. The summed E-state index contributed by atoms with van der Waals surface area (Å²) < 4.78 is 19.7. The van der Waals surface area contributed by atoms with E-state index >= 15 is 0 Å². The predicted octanol–water partition coefficient (Wildman–Crippen LogP) is 3.43. The van der Waals surface area contributed by atoms with E-state index in [1.54, 1.807) is 14.2 Å². The zero-order chi connectivity index (χ0) is 20.7. The van der Waals surface area contributed by atoms with Gasteiger partial charge in [-0.2, -0.15) is 0 Å². The van der Waals surface area contributed by atoms with Crippen LogP contribution in [-0.2, 0) is 18.3 Å². The summed E-state index contributed by atoms with van der Waals surface area (Å²) in [6.07, 6.45) is 6.16. The first-order chi connectivity index (χ1) is 12.7. The van der Waals surface area contributed by atoms with Gasteiger partial charge in [0, 0.05) is 43.6 Å². The fraction of sp³-hybridized carbons (Fsp3) is 1.00. The third kappa shape index (κ3) is 82.0. The number of rotatable bonds is 14. The molecule has 180 valence electrons. The van der Waals surface area contributed by atoms with Crippen molar-refractivity contribution < 1.29 is 23.4 Å². The lowest BCUT2D eigenvalue weighted by Gasteiger charge is -1.99. The average Bonchev–Trinajstić information content (AvgIpc) is 2.69. The Labute approximate surface area is 186 Å². The Kier molecular flexibility index (Phi) is 85.7. The molecule has 0 aromatic heterocycles. The van der Waals surface area contributed by atoms with Crippen molar-refractivity contribution >= 4 is 29.0 Å². The maximum Gasteiger partial charge on any atom is 0.157 e. The molecule has 0 aliphatic heterocycles. The molecule has 5 nitrogen and oxygen atoms in total. The molecule has 0 unspecified atom stereocenters. The summed E-state index contributed by atoms with van der Waals surface area (Å²) in [7, 11) is 3.57. The Balaban J connectivity index is -0.0000000601. The minimum absolute atomic E-state index is 0. The lowest BCUT2D eigenvalue weighted by Crippen LogP contribution is -2.00. The average molecular weight is 463 g/mol. The molecule has 0 amide bonds. The van der Waals surface area contributed by atoms with Crippen molar-refractivity contribution in [2.45, 2.75) is 86.5 Å². The topological polar surface area (TPSA) is 57.2 Å².